The second-order valence-corrected chi connectivity index (χ2v) is 6.43. The maximum atomic E-state index is 12.6. The van der Waals surface area contributed by atoms with Crippen LogP contribution in [0.15, 0.2) is 51.8 Å². The predicted molar refractivity (Wildman–Crippen MR) is 104 cm³/mol. The highest BCUT2D eigenvalue weighted by Crippen LogP contribution is 2.33. The van der Waals surface area contributed by atoms with Crippen LogP contribution in [0.2, 0.25) is 0 Å². The summed E-state index contributed by atoms with van der Waals surface area (Å²) in [4.78, 5) is 20.7. The number of aryl methyl sites for hydroxylation is 2. The first kappa shape index (κ1) is 17.1. The average Bonchev–Trinajstić information content (AvgIpc) is 3.16. The van der Waals surface area contributed by atoms with Crippen LogP contribution in [0, 0.1) is 13.8 Å². The topological polar surface area (TPSA) is 85.1 Å². The lowest BCUT2D eigenvalue weighted by atomic mass is 10.0. The largest absolute Gasteiger partial charge is 0.361 e. The molecule has 2 aromatic carbocycles. The molecule has 27 heavy (non-hydrogen) atoms. The van der Waals surface area contributed by atoms with Gasteiger partial charge in [-0.1, -0.05) is 35.5 Å². The highest BCUT2D eigenvalue weighted by molar-refractivity contribution is 5.93. The minimum absolute atomic E-state index is 0.177. The third kappa shape index (κ3) is 3.02. The Bertz CT molecular complexity index is 1140. The number of hydrogen-bond acceptors (Lipinski definition) is 5. The molecule has 0 fully saturated rings. The quantitative estimate of drug-likeness (QED) is 0.528. The van der Waals surface area contributed by atoms with E-state index in [1.54, 1.807) is 4.57 Å². The molecule has 4 aromatic rings. The third-order valence-electron chi connectivity index (χ3n) is 4.60. The Labute approximate surface area is 155 Å². The van der Waals surface area contributed by atoms with Crippen molar-refractivity contribution in [3.05, 3.63) is 70.0 Å². The smallest absolute Gasteiger partial charge is 0.326 e. The number of aromatic amines is 1. The lowest BCUT2D eigenvalue weighted by Gasteiger charge is -2.10. The Balaban J connectivity index is 1.95. The number of fused-ring (bicyclic) bond motifs is 1. The molecule has 0 radical (unpaired) electrons. The predicted octanol–water partition coefficient (Wildman–Crippen LogP) is 3.62. The van der Waals surface area contributed by atoms with Gasteiger partial charge < -0.3 is 9.51 Å². The molecule has 0 bridgehead atoms. The van der Waals surface area contributed by atoms with E-state index in [9.17, 15) is 4.79 Å². The van der Waals surface area contributed by atoms with Crippen molar-refractivity contribution < 1.29 is 9.36 Å². The zero-order chi connectivity index (χ0) is 19.0. The lowest BCUT2D eigenvalue weighted by Crippen LogP contribution is -2.17. The van der Waals surface area contributed by atoms with E-state index in [0.717, 1.165) is 33.7 Å². The zero-order valence-corrected chi connectivity index (χ0v) is 15.4. The van der Waals surface area contributed by atoms with Crippen molar-refractivity contribution in [2.45, 2.75) is 20.4 Å². The molecule has 0 amide bonds. The molecule has 4 rings (SSSR count). The van der Waals surface area contributed by atoms with Gasteiger partial charge in [-0.15, -0.1) is 0 Å². The second-order valence-electron chi connectivity index (χ2n) is 6.43. The van der Waals surface area contributed by atoms with Crippen LogP contribution in [0.25, 0.3) is 22.2 Å². The van der Waals surface area contributed by atoms with Gasteiger partial charge >= 0.3 is 5.69 Å². The highest BCUT2D eigenvalue weighted by atomic mass is 16.6. The number of anilines is 1. The van der Waals surface area contributed by atoms with Crippen LogP contribution in [0.5, 0.6) is 0 Å². The van der Waals surface area contributed by atoms with Crippen molar-refractivity contribution in [1.82, 2.24) is 14.7 Å². The monoisotopic (exact) mass is 364 g/mol. The number of benzene rings is 2. The number of imidazole rings is 1. The number of nitrogens with one attached hydrogen (secondary N) is 2. The maximum Gasteiger partial charge on any atom is 0.326 e. The van der Waals surface area contributed by atoms with Crippen LogP contribution in [0.3, 0.4) is 0 Å². The standard InChI is InChI=1S/C20H20N4O3/c1-12-18(13(2)27-22-12)15-9-16(23-26-3)19-17(10-15)24(20(25)21-19)11-14-7-5-4-6-8-14/h4-10,23H,11H2,1-3H3,(H,21,25). The molecule has 0 saturated heterocycles. The molecule has 0 spiro atoms. The number of rotatable bonds is 5. The van der Waals surface area contributed by atoms with E-state index in [1.807, 2.05) is 56.3 Å². The summed E-state index contributed by atoms with van der Waals surface area (Å²) in [7, 11) is 1.54. The van der Waals surface area contributed by atoms with Crippen LogP contribution in [0.4, 0.5) is 5.69 Å². The van der Waals surface area contributed by atoms with E-state index >= 15 is 0 Å². The summed E-state index contributed by atoms with van der Waals surface area (Å²) in [6.07, 6.45) is 0. The van der Waals surface area contributed by atoms with Crippen molar-refractivity contribution in [3.63, 3.8) is 0 Å². The second kappa shape index (κ2) is 6.77. The average molecular weight is 364 g/mol. The van der Waals surface area contributed by atoms with Gasteiger partial charge in [0.2, 0.25) is 0 Å². The Kier molecular flexibility index (Phi) is 4.29. The molecule has 0 atom stereocenters. The molecular formula is C20H20N4O3. The van der Waals surface area contributed by atoms with Crippen LogP contribution < -0.4 is 11.2 Å². The van der Waals surface area contributed by atoms with Gasteiger partial charge in [-0.2, -0.15) is 0 Å². The summed E-state index contributed by atoms with van der Waals surface area (Å²) in [5.74, 6) is 0.725. The first-order chi connectivity index (χ1) is 13.1. The number of aromatic nitrogens is 3. The van der Waals surface area contributed by atoms with Crippen LogP contribution in [-0.2, 0) is 11.4 Å². The van der Waals surface area contributed by atoms with Crippen molar-refractivity contribution in [2.24, 2.45) is 0 Å². The maximum absolute atomic E-state index is 12.6. The van der Waals surface area contributed by atoms with E-state index in [-0.39, 0.29) is 5.69 Å². The van der Waals surface area contributed by atoms with Gasteiger partial charge in [0, 0.05) is 5.56 Å². The van der Waals surface area contributed by atoms with E-state index < -0.39 is 0 Å². The molecule has 0 aliphatic rings. The minimum Gasteiger partial charge on any atom is -0.361 e. The Morgan fingerprint density at radius 3 is 2.67 bits per heavy atom. The van der Waals surface area contributed by atoms with Crippen LogP contribution in [-0.4, -0.2) is 21.8 Å². The molecule has 138 valence electrons. The molecule has 2 heterocycles. The normalized spacial score (nSPS) is 11.2. The third-order valence-corrected chi connectivity index (χ3v) is 4.60. The van der Waals surface area contributed by atoms with Crippen LogP contribution in [0.1, 0.15) is 17.0 Å². The van der Waals surface area contributed by atoms with Gasteiger partial charge in [-0.25, -0.2) is 4.79 Å². The molecule has 2 N–H and O–H groups in total. The van der Waals surface area contributed by atoms with E-state index in [2.05, 4.69) is 15.6 Å². The summed E-state index contributed by atoms with van der Waals surface area (Å²) >= 11 is 0. The van der Waals surface area contributed by atoms with Gasteiger partial charge in [-0.05, 0) is 37.1 Å². The first-order valence-corrected chi connectivity index (χ1v) is 8.61. The molecule has 0 unspecified atom stereocenters. The minimum atomic E-state index is -0.177. The fourth-order valence-electron chi connectivity index (χ4n) is 3.41. The van der Waals surface area contributed by atoms with Gasteiger partial charge in [0.15, 0.2) is 0 Å². The zero-order valence-electron chi connectivity index (χ0n) is 15.4. The van der Waals surface area contributed by atoms with Gasteiger partial charge in [0.1, 0.15) is 5.76 Å². The fourth-order valence-corrected chi connectivity index (χ4v) is 3.41. The SMILES string of the molecule is CONc1cc(-c2c(C)noc2C)cc2c1[nH]c(=O)n2Cc1ccccc1. The molecule has 0 saturated carbocycles. The highest BCUT2D eigenvalue weighted by Gasteiger charge is 2.17. The summed E-state index contributed by atoms with van der Waals surface area (Å²) < 4.78 is 7.03. The lowest BCUT2D eigenvalue weighted by molar-refractivity contribution is 0.271. The Morgan fingerprint density at radius 2 is 2.00 bits per heavy atom. The summed E-state index contributed by atoms with van der Waals surface area (Å²) in [6, 6.07) is 13.8. The summed E-state index contributed by atoms with van der Waals surface area (Å²) in [5, 5.41) is 4.04. The molecule has 7 heteroatoms. The van der Waals surface area contributed by atoms with Gasteiger partial charge in [-0.3, -0.25) is 14.9 Å². The van der Waals surface area contributed by atoms with E-state index in [1.165, 1.54) is 7.11 Å². The fraction of sp³-hybridized carbons (Fsp3) is 0.200. The molecule has 0 aliphatic heterocycles. The Morgan fingerprint density at radius 1 is 1.22 bits per heavy atom. The van der Waals surface area contributed by atoms with Crippen molar-refractivity contribution in [2.75, 3.05) is 12.6 Å². The number of H-pyrrole nitrogens is 1. The van der Waals surface area contributed by atoms with Gasteiger partial charge in [0.25, 0.3) is 0 Å². The van der Waals surface area contributed by atoms with E-state index in [4.69, 9.17) is 9.36 Å². The number of nitrogens with zero attached hydrogens (tertiary/aromatic N) is 2. The first-order valence-electron chi connectivity index (χ1n) is 8.61. The summed E-state index contributed by atoms with van der Waals surface area (Å²) in [5.41, 5.74) is 8.48. The van der Waals surface area contributed by atoms with Crippen molar-refractivity contribution in [3.8, 4) is 11.1 Å². The van der Waals surface area contributed by atoms with E-state index in [0.29, 0.717) is 17.7 Å². The van der Waals surface area contributed by atoms with Crippen LogP contribution >= 0.6 is 0 Å². The molecular weight excluding hydrogens is 344 g/mol. The van der Waals surface area contributed by atoms with Crippen molar-refractivity contribution in [1.29, 1.82) is 0 Å². The molecule has 7 nitrogen and oxygen atoms in total. The number of hydrogen-bond donors (Lipinski definition) is 2. The van der Waals surface area contributed by atoms with Crippen molar-refractivity contribution >= 4 is 16.7 Å². The molecule has 2 aromatic heterocycles. The van der Waals surface area contributed by atoms with Gasteiger partial charge in [0.05, 0.1) is 36.1 Å². The molecule has 0 aliphatic carbocycles. The summed E-state index contributed by atoms with van der Waals surface area (Å²) in [6.45, 7) is 4.24. The Hall–Kier alpha value is -3.32.